The Kier molecular flexibility index (Phi) is 16.6. The predicted molar refractivity (Wildman–Crippen MR) is 92.3 cm³/mol. The van der Waals surface area contributed by atoms with E-state index in [0.29, 0.717) is 0 Å². The highest BCUT2D eigenvalue weighted by Gasteiger charge is 2.02. The van der Waals surface area contributed by atoms with Crippen molar-refractivity contribution in [2.75, 3.05) is 18.6 Å². The number of nitrogens with one attached hydrogen (secondary N) is 1. The molecule has 0 fully saturated rings. The molecule has 0 aliphatic heterocycles. The lowest BCUT2D eigenvalue weighted by Crippen LogP contribution is -2.31. The van der Waals surface area contributed by atoms with Crippen molar-refractivity contribution < 1.29 is 0 Å². The van der Waals surface area contributed by atoms with Crippen LogP contribution in [0.1, 0.15) is 84.5 Å². The van der Waals surface area contributed by atoms with Crippen molar-refractivity contribution in [2.45, 2.75) is 90.5 Å². The first kappa shape index (κ1) is 19.3. The highest BCUT2D eigenvalue weighted by molar-refractivity contribution is 7.98. The van der Waals surface area contributed by atoms with Gasteiger partial charge in [0.2, 0.25) is 0 Å². The quantitative estimate of drug-likeness (QED) is 0.391. The summed E-state index contributed by atoms with van der Waals surface area (Å²) >= 11 is 1.95. The van der Waals surface area contributed by atoms with Crippen molar-refractivity contribution >= 4 is 11.8 Å². The first-order valence-corrected chi connectivity index (χ1v) is 9.96. The Morgan fingerprint density at radius 2 is 1.32 bits per heavy atom. The van der Waals surface area contributed by atoms with E-state index in [4.69, 9.17) is 0 Å². The maximum atomic E-state index is 3.67. The summed E-state index contributed by atoms with van der Waals surface area (Å²) in [7, 11) is 0. The summed E-state index contributed by atoms with van der Waals surface area (Å²) in [6, 6.07) is 0.730. The number of hydrogen-bond acceptors (Lipinski definition) is 2. The van der Waals surface area contributed by atoms with Crippen LogP contribution in [0.5, 0.6) is 0 Å². The summed E-state index contributed by atoms with van der Waals surface area (Å²) < 4.78 is 0. The Bertz CT molecular complexity index is 161. The Labute approximate surface area is 126 Å². The second-order valence-corrected chi connectivity index (χ2v) is 6.61. The van der Waals surface area contributed by atoms with E-state index in [0.717, 1.165) is 6.04 Å². The van der Waals surface area contributed by atoms with Crippen LogP contribution in [0.25, 0.3) is 0 Å². The predicted octanol–water partition coefficient (Wildman–Crippen LogP) is 5.64. The van der Waals surface area contributed by atoms with Gasteiger partial charge in [0, 0.05) is 11.8 Å². The highest BCUT2D eigenvalue weighted by Crippen LogP contribution is 2.10. The van der Waals surface area contributed by atoms with Gasteiger partial charge in [-0.2, -0.15) is 11.8 Å². The monoisotopic (exact) mass is 287 g/mol. The fraction of sp³-hybridized carbons (Fsp3) is 1.00. The highest BCUT2D eigenvalue weighted by atomic mass is 32.2. The molecule has 2 heteroatoms. The summed E-state index contributed by atoms with van der Waals surface area (Å²) in [5.74, 6) is 1.26. The van der Waals surface area contributed by atoms with Crippen molar-refractivity contribution in [3.05, 3.63) is 0 Å². The second-order valence-electron chi connectivity index (χ2n) is 5.70. The molecule has 0 spiro atoms. The van der Waals surface area contributed by atoms with Crippen LogP contribution in [0.3, 0.4) is 0 Å². The molecule has 1 unspecified atom stereocenters. The molecule has 0 radical (unpaired) electrons. The van der Waals surface area contributed by atoms with Crippen molar-refractivity contribution in [3.63, 3.8) is 0 Å². The zero-order chi connectivity index (χ0) is 14.2. The average Bonchev–Trinajstić information content (AvgIpc) is 2.43. The lowest BCUT2D eigenvalue weighted by Gasteiger charge is -2.15. The fourth-order valence-electron chi connectivity index (χ4n) is 2.44. The molecule has 19 heavy (non-hydrogen) atoms. The molecule has 1 nitrogen and oxygen atoms in total. The molecule has 0 aromatic carbocycles. The summed E-state index contributed by atoms with van der Waals surface area (Å²) in [6.07, 6.45) is 17.8. The van der Waals surface area contributed by atoms with Gasteiger partial charge in [-0.3, -0.25) is 0 Å². The molecule has 116 valence electrons. The van der Waals surface area contributed by atoms with Gasteiger partial charge in [0.1, 0.15) is 0 Å². The molecular formula is C17H37NS. The van der Waals surface area contributed by atoms with Gasteiger partial charge in [0.25, 0.3) is 0 Å². The first-order valence-electron chi connectivity index (χ1n) is 8.57. The lowest BCUT2D eigenvalue weighted by atomic mass is 10.1. The van der Waals surface area contributed by atoms with E-state index in [2.05, 4.69) is 25.4 Å². The van der Waals surface area contributed by atoms with Crippen molar-refractivity contribution in [3.8, 4) is 0 Å². The van der Waals surface area contributed by atoms with Crippen LogP contribution in [0.4, 0.5) is 0 Å². The van der Waals surface area contributed by atoms with Gasteiger partial charge in [0.15, 0.2) is 0 Å². The van der Waals surface area contributed by atoms with Gasteiger partial charge in [-0.15, -0.1) is 0 Å². The molecule has 0 amide bonds. The maximum absolute atomic E-state index is 3.67. The van der Waals surface area contributed by atoms with Gasteiger partial charge in [-0.1, -0.05) is 71.6 Å². The maximum Gasteiger partial charge on any atom is 0.0155 e. The molecular weight excluding hydrogens is 250 g/mol. The van der Waals surface area contributed by atoms with E-state index in [9.17, 15) is 0 Å². The minimum Gasteiger partial charge on any atom is -0.313 e. The molecule has 0 aliphatic rings. The molecule has 1 atom stereocenters. The van der Waals surface area contributed by atoms with Crippen molar-refractivity contribution in [1.82, 2.24) is 5.32 Å². The van der Waals surface area contributed by atoms with Crippen molar-refractivity contribution in [1.29, 1.82) is 0 Å². The van der Waals surface area contributed by atoms with Crippen molar-refractivity contribution in [2.24, 2.45) is 0 Å². The molecule has 0 heterocycles. The zero-order valence-corrected chi connectivity index (χ0v) is 14.5. The standard InChI is InChI=1S/C17H37NS/c1-4-6-7-8-9-10-11-12-13-14-15-18-17(5-2)16-19-3/h17-18H,4-16H2,1-3H3. The van der Waals surface area contributed by atoms with Gasteiger partial charge < -0.3 is 5.32 Å². The van der Waals surface area contributed by atoms with E-state index in [1.165, 1.54) is 82.9 Å². The van der Waals surface area contributed by atoms with E-state index in [1.54, 1.807) is 0 Å². The molecule has 0 aliphatic carbocycles. The second kappa shape index (κ2) is 16.4. The lowest BCUT2D eigenvalue weighted by molar-refractivity contribution is 0.504. The normalized spacial score (nSPS) is 12.8. The first-order chi connectivity index (χ1) is 9.35. The van der Waals surface area contributed by atoms with Gasteiger partial charge in [-0.05, 0) is 25.6 Å². The number of unbranched alkanes of at least 4 members (excludes halogenated alkanes) is 9. The van der Waals surface area contributed by atoms with Crippen LogP contribution in [-0.2, 0) is 0 Å². The summed E-state index contributed by atoms with van der Waals surface area (Å²) in [4.78, 5) is 0. The topological polar surface area (TPSA) is 12.0 Å². The van der Waals surface area contributed by atoms with Gasteiger partial charge >= 0.3 is 0 Å². The zero-order valence-electron chi connectivity index (χ0n) is 13.7. The molecule has 0 aromatic rings. The minimum atomic E-state index is 0.730. The third-order valence-corrected chi connectivity index (χ3v) is 4.56. The fourth-order valence-corrected chi connectivity index (χ4v) is 3.20. The Hall–Kier alpha value is 0.310. The van der Waals surface area contributed by atoms with Crippen LogP contribution in [0, 0.1) is 0 Å². The van der Waals surface area contributed by atoms with E-state index >= 15 is 0 Å². The van der Waals surface area contributed by atoms with E-state index in [1.807, 2.05) is 11.8 Å². The number of hydrogen-bond donors (Lipinski definition) is 1. The Morgan fingerprint density at radius 3 is 1.79 bits per heavy atom. The summed E-state index contributed by atoms with van der Waals surface area (Å²) in [6.45, 7) is 5.79. The number of rotatable bonds is 15. The van der Waals surface area contributed by atoms with Crippen LogP contribution < -0.4 is 5.32 Å². The van der Waals surface area contributed by atoms with Gasteiger partial charge in [0.05, 0.1) is 0 Å². The molecule has 0 aromatic heterocycles. The molecule has 0 bridgehead atoms. The number of thioether (sulfide) groups is 1. The van der Waals surface area contributed by atoms with Crippen LogP contribution >= 0.6 is 11.8 Å². The minimum absolute atomic E-state index is 0.730. The average molecular weight is 288 g/mol. The molecule has 1 N–H and O–H groups in total. The van der Waals surface area contributed by atoms with Crippen LogP contribution in [-0.4, -0.2) is 24.6 Å². The van der Waals surface area contributed by atoms with Gasteiger partial charge in [-0.25, -0.2) is 0 Å². The largest absolute Gasteiger partial charge is 0.313 e. The summed E-state index contributed by atoms with van der Waals surface area (Å²) in [5, 5.41) is 3.67. The SMILES string of the molecule is CCCCCCCCCCCCNC(CC)CSC. The Morgan fingerprint density at radius 1 is 0.789 bits per heavy atom. The Balaban J connectivity index is 3.09. The van der Waals surface area contributed by atoms with Crippen LogP contribution in [0.15, 0.2) is 0 Å². The molecule has 0 saturated carbocycles. The molecule has 0 rings (SSSR count). The third-order valence-electron chi connectivity index (χ3n) is 3.82. The molecule has 0 saturated heterocycles. The van der Waals surface area contributed by atoms with Crippen LogP contribution in [0.2, 0.25) is 0 Å². The summed E-state index contributed by atoms with van der Waals surface area (Å²) in [5.41, 5.74) is 0. The van der Waals surface area contributed by atoms with E-state index < -0.39 is 0 Å². The third kappa shape index (κ3) is 14.5. The van der Waals surface area contributed by atoms with E-state index in [-0.39, 0.29) is 0 Å². The smallest absolute Gasteiger partial charge is 0.0155 e.